The minimum atomic E-state index is -4.40. The van der Waals surface area contributed by atoms with Crippen LogP contribution < -0.4 is 5.73 Å². The van der Waals surface area contributed by atoms with Gasteiger partial charge in [0.2, 0.25) is 0 Å². The normalized spacial score (nSPS) is 22.0. The smallest absolute Gasteiger partial charge is 0.382 e. The molecule has 0 bridgehead atoms. The number of alkyl halides is 3. The Morgan fingerprint density at radius 3 is 2.78 bits per heavy atom. The van der Waals surface area contributed by atoms with Crippen molar-refractivity contribution in [1.82, 2.24) is 24.3 Å². The van der Waals surface area contributed by atoms with Crippen LogP contribution in [0.15, 0.2) is 36.8 Å². The number of hydrogen-bond donors (Lipinski definition) is 1. The summed E-state index contributed by atoms with van der Waals surface area (Å²) in [6, 6.07) is 5.35. The summed E-state index contributed by atoms with van der Waals surface area (Å²) in [6.45, 7) is 4.46. The fourth-order valence-electron chi connectivity index (χ4n) is 6.05. The van der Waals surface area contributed by atoms with Crippen LogP contribution in [0.2, 0.25) is 0 Å². The Morgan fingerprint density at radius 2 is 2.00 bits per heavy atom. The molecule has 1 saturated heterocycles. The Morgan fingerprint density at radius 1 is 1.19 bits per heavy atom. The van der Waals surface area contributed by atoms with Crippen LogP contribution >= 0.6 is 0 Å². The third-order valence-corrected chi connectivity index (χ3v) is 7.60. The summed E-state index contributed by atoms with van der Waals surface area (Å²) in [5.41, 5.74) is 9.81. The maximum Gasteiger partial charge on any atom is 0.416 e. The number of piperidine rings is 1. The number of nitrogen functional groups attached to an aromatic ring is 1. The summed E-state index contributed by atoms with van der Waals surface area (Å²) in [7, 11) is 0. The fraction of sp³-hybridized carbons (Fsp3) is 0.385. The Kier molecular flexibility index (Phi) is 5.00. The van der Waals surface area contributed by atoms with Crippen LogP contribution in [-0.4, -0.2) is 36.7 Å². The number of nitrogens with zero attached hydrogens (tertiary/aromatic N) is 5. The molecule has 1 aromatic carbocycles. The van der Waals surface area contributed by atoms with Gasteiger partial charge >= 0.3 is 6.18 Å². The molecule has 186 valence electrons. The second-order valence-corrected chi connectivity index (χ2v) is 10.1. The van der Waals surface area contributed by atoms with Gasteiger partial charge in [0.1, 0.15) is 23.1 Å². The number of imidazole rings is 1. The van der Waals surface area contributed by atoms with E-state index < -0.39 is 11.7 Å². The number of hydrogen-bond acceptors (Lipinski definition) is 5. The first kappa shape index (κ1) is 22.8. The number of aryl methyl sites for hydroxylation is 2. The number of rotatable bonds is 1. The SMILES string of the molecule is Cc1ncn2c1c(N)nc1cnc(C(=O)N3C[C@H](C)CC4CCc5cc(C(F)(F)F)ccc5[C@@H]43)cc12. The molecule has 0 radical (unpaired) electrons. The van der Waals surface area contributed by atoms with E-state index in [4.69, 9.17) is 5.73 Å². The molecule has 2 aliphatic rings. The maximum absolute atomic E-state index is 13.9. The number of nitrogens with two attached hydrogens (primary N) is 1. The molecule has 7 nitrogen and oxygen atoms in total. The van der Waals surface area contributed by atoms with Crippen molar-refractivity contribution in [3.8, 4) is 0 Å². The van der Waals surface area contributed by atoms with Crippen molar-refractivity contribution in [2.75, 3.05) is 12.3 Å². The number of benzene rings is 1. The zero-order valence-electron chi connectivity index (χ0n) is 19.9. The van der Waals surface area contributed by atoms with Gasteiger partial charge in [0.25, 0.3) is 5.91 Å². The van der Waals surface area contributed by atoms with Crippen molar-refractivity contribution >= 4 is 28.3 Å². The van der Waals surface area contributed by atoms with Gasteiger partial charge in [-0.3, -0.25) is 9.20 Å². The van der Waals surface area contributed by atoms with Gasteiger partial charge in [-0.15, -0.1) is 0 Å². The van der Waals surface area contributed by atoms with Crippen molar-refractivity contribution in [3.05, 3.63) is 64.9 Å². The van der Waals surface area contributed by atoms with E-state index >= 15 is 0 Å². The van der Waals surface area contributed by atoms with Gasteiger partial charge in [-0.25, -0.2) is 15.0 Å². The van der Waals surface area contributed by atoms with Crippen molar-refractivity contribution < 1.29 is 18.0 Å². The molecule has 2 N–H and O–H groups in total. The monoisotopic (exact) mass is 494 g/mol. The van der Waals surface area contributed by atoms with Crippen LogP contribution in [0.1, 0.15) is 58.7 Å². The molecule has 10 heteroatoms. The van der Waals surface area contributed by atoms with Gasteiger partial charge in [0.15, 0.2) is 5.82 Å². The largest absolute Gasteiger partial charge is 0.416 e. The molecule has 6 rings (SSSR count). The van der Waals surface area contributed by atoms with Gasteiger partial charge in [-0.05, 0) is 67.3 Å². The summed E-state index contributed by atoms with van der Waals surface area (Å²) in [5, 5.41) is 0. The quantitative estimate of drug-likeness (QED) is 0.404. The molecule has 4 heterocycles. The lowest BCUT2D eigenvalue weighted by Crippen LogP contribution is -2.47. The molecule has 1 fully saturated rings. The average Bonchev–Trinajstić information content (AvgIpc) is 3.24. The molecule has 36 heavy (non-hydrogen) atoms. The Labute approximate surface area is 205 Å². The van der Waals surface area contributed by atoms with Gasteiger partial charge in [0.05, 0.1) is 29.0 Å². The lowest BCUT2D eigenvalue weighted by Gasteiger charge is -2.47. The Bertz CT molecular complexity index is 1530. The van der Waals surface area contributed by atoms with Crippen LogP contribution in [0.4, 0.5) is 19.0 Å². The lowest BCUT2D eigenvalue weighted by molar-refractivity contribution is -0.137. The molecular weight excluding hydrogens is 469 g/mol. The van der Waals surface area contributed by atoms with Crippen LogP contribution in [0.25, 0.3) is 16.6 Å². The number of anilines is 1. The highest BCUT2D eigenvalue weighted by Gasteiger charge is 2.42. The van der Waals surface area contributed by atoms with E-state index in [9.17, 15) is 18.0 Å². The topological polar surface area (TPSA) is 89.4 Å². The summed E-state index contributed by atoms with van der Waals surface area (Å²) in [4.78, 5) is 28.9. The second kappa shape index (κ2) is 7.91. The van der Waals surface area contributed by atoms with Crippen molar-refractivity contribution in [2.24, 2.45) is 11.8 Å². The van der Waals surface area contributed by atoms with Crippen LogP contribution in [0.5, 0.6) is 0 Å². The minimum absolute atomic E-state index is 0.187. The number of carbonyl (C=O) groups is 1. The molecule has 0 spiro atoms. The molecule has 1 amide bonds. The Hall–Kier alpha value is -3.69. The van der Waals surface area contributed by atoms with Crippen molar-refractivity contribution in [1.29, 1.82) is 0 Å². The van der Waals surface area contributed by atoms with Gasteiger partial charge < -0.3 is 10.6 Å². The fourth-order valence-corrected chi connectivity index (χ4v) is 6.05. The maximum atomic E-state index is 13.9. The highest BCUT2D eigenvalue weighted by molar-refractivity contribution is 5.96. The third-order valence-electron chi connectivity index (χ3n) is 7.60. The van der Waals surface area contributed by atoms with E-state index in [1.807, 2.05) is 11.3 Å². The zero-order valence-corrected chi connectivity index (χ0v) is 19.9. The van der Waals surface area contributed by atoms with Crippen LogP contribution in [-0.2, 0) is 12.6 Å². The second-order valence-electron chi connectivity index (χ2n) is 10.1. The standard InChI is InChI=1S/C26H25F3N6O/c1-13-7-16-4-3-15-8-17(26(27,28)29)5-6-18(15)23(16)34(11-13)25(36)19-9-21-20(10-31-19)33-24(30)22-14(2)32-12-35(21)22/h5-6,8-10,12-13,16,23H,3-4,7,11H2,1-2H3,(H2,30,33)/t13-,16?,23-/m1/s1. The number of amides is 1. The predicted molar refractivity (Wildman–Crippen MR) is 128 cm³/mol. The molecule has 1 unspecified atom stereocenters. The summed E-state index contributed by atoms with van der Waals surface area (Å²) >= 11 is 0. The lowest BCUT2D eigenvalue weighted by atomic mass is 9.72. The number of likely N-dealkylation sites (tertiary alicyclic amines) is 1. The average molecular weight is 495 g/mol. The van der Waals surface area contributed by atoms with Gasteiger partial charge in [0, 0.05) is 6.54 Å². The number of aromatic nitrogens is 4. The minimum Gasteiger partial charge on any atom is -0.382 e. The van der Waals surface area contributed by atoms with Crippen LogP contribution in [0.3, 0.4) is 0 Å². The molecule has 0 saturated carbocycles. The molecular formula is C26H25F3N6O. The van der Waals surface area contributed by atoms with Crippen LogP contribution in [0, 0.1) is 18.8 Å². The first-order chi connectivity index (χ1) is 17.1. The highest BCUT2D eigenvalue weighted by Crippen LogP contribution is 2.46. The molecule has 3 aromatic heterocycles. The Balaban J connectivity index is 1.43. The van der Waals surface area contributed by atoms with Crippen molar-refractivity contribution in [3.63, 3.8) is 0 Å². The predicted octanol–water partition coefficient (Wildman–Crippen LogP) is 4.97. The summed E-state index contributed by atoms with van der Waals surface area (Å²) in [5.74, 6) is 0.555. The first-order valence-corrected chi connectivity index (χ1v) is 12.0. The molecule has 3 atom stereocenters. The number of fused-ring (bicyclic) bond motifs is 6. The molecule has 4 aromatic rings. The number of carbonyl (C=O) groups excluding carboxylic acids is 1. The van der Waals surface area contributed by atoms with E-state index in [0.29, 0.717) is 40.9 Å². The highest BCUT2D eigenvalue weighted by atomic mass is 19.4. The van der Waals surface area contributed by atoms with E-state index in [0.717, 1.165) is 30.2 Å². The van der Waals surface area contributed by atoms with Crippen molar-refractivity contribution in [2.45, 2.75) is 45.3 Å². The van der Waals surface area contributed by atoms with E-state index in [1.165, 1.54) is 12.3 Å². The van der Waals surface area contributed by atoms with E-state index in [-0.39, 0.29) is 29.5 Å². The third kappa shape index (κ3) is 3.50. The number of pyridine rings is 1. The van der Waals surface area contributed by atoms with E-state index in [1.54, 1.807) is 23.4 Å². The van der Waals surface area contributed by atoms with Gasteiger partial charge in [-0.1, -0.05) is 13.0 Å². The van der Waals surface area contributed by atoms with E-state index in [2.05, 4.69) is 21.9 Å². The van der Waals surface area contributed by atoms with Gasteiger partial charge in [-0.2, -0.15) is 13.2 Å². The zero-order chi connectivity index (χ0) is 25.4. The summed E-state index contributed by atoms with van der Waals surface area (Å²) in [6.07, 6.45) is 1.03. The number of halogens is 3. The summed E-state index contributed by atoms with van der Waals surface area (Å²) < 4.78 is 41.8. The first-order valence-electron chi connectivity index (χ1n) is 12.0. The molecule has 1 aliphatic carbocycles. The molecule has 1 aliphatic heterocycles.